The molecule has 1 atom stereocenters. The molecule has 7 heteroatoms. The Kier molecular flexibility index (Phi) is 7.26. The lowest BCUT2D eigenvalue weighted by Crippen LogP contribution is -2.16. The van der Waals surface area contributed by atoms with Gasteiger partial charge in [-0.05, 0) is 77.0 Å². The number of Topliss-reactive ketones (excluding diaryl/α,β-unsaturated/α-hetero) is 1. The average molecular weight is 595 g/mol. The number of hydrogen-bond donors (Lipinski definition) is 1. The van der Waals surface area contributed by atoms with Crippen LogP contribution in [-0.4, -0.2) is 11.9 Å². The summed E-state index contributed by atoms with van der Waals surface area (Å²) in [5, 5.41) is 3.44. The molecule has 1 aliphatic carbocycles. The van der Waals surface area contributed by atoms with Crippen molar-refractivity contribution in [3.05, 3.63) is 98.8 Å². The third kappa shape index (κ3) is 5.37. The molecule has 0 saturated heterocycles. The Balaban J connectivity index is 1.30. The van der Waals surface area contributed by atoms with Gasteiger partial charge in [0.2, 0.25) is 0 Å². The molecular weight excluding hydrogens is 570 g/mol. The first-order chi connectivity index (χ1) is 17.8. The van der Waals surface area contributed by atoms with Gasteiger partial charge < -0.3 is 4.74 Å². The van der Waals surface area contributed by atoms with Crippen molar-refractivity contribution in [1.82, 2.24) is 0 Å². The summed E-state index contributed by atoms with van der Waals surface area (Å²) in [6.07, 6.45) is 0.843. The zero-order chi connectivity index (χ0) is 26.2. The summed E-state index contributed by atoms with van der Waals surface area (Å²) in [5.41, 5.74) is 5.44. The molecule has 0 spiro atoms. The summed E-state index contributed by atoms with van der Waals surface area (Å²) in [5.74, 6) is 0.248. The summed E-state index contributed by atoms with van der Waals surface area (Å²) in [4.78, 5) is 25.6. The van der Waals surface area contributed by atoms with E-state index in [0.29, 0.717) is 10.7 Å². The van der Waals surface area contributed by atoms with E-state index in [4.69, 9.17) is 16.3 Å². The number of amides is 1. The van der Waals surface area contributed by atoms with Crippen LogP contribution in [0.2, 0.25) is 5.02 Å². The van der Waals surface area contributed by atoms with Crippen molar-refractivity contribution < 1.29 is 14.3 Å². The standard InChI is InChI=1S/C30H25BrClNO3S/c1-18(24-5-3-4-6-25(24)32)36-29(35)33-26-17-27(31)37-28(26)22-9-7-20(8-10-22)21-11-13-23(14-12-21)30(15-16-30)19(2)34/h3-14,17-18H,15-16H2,1-2H3,(H,33,35). The number of ketones is 1. The topological polar surface area (TPSA) is 55.4 Å². The van der Waals surface area contributed by atoms with E-state index in [9.17, 15) is 9.59 Å². The van der Waals surface area contributed by atoms with Gasteiger partial charge in [-0.25, -0.2) is 4.79 Å². The number of nitrogens with one attached hydrogen (secondary N) is 1. The number of anilines is 1. The molecule has 4 nitrogen and oxygen atoms in total. The lowest BCUT2D eigenvalue weighted by molar-refractivity contribution is -0.119. The van der Waals surface area contributed by atoms with Gasteiger partial charge in [-0.2, -0.15) is 0 Å². The normalized spacial score (nSPS) is 14.6. The number of ether oxygens (including phenoxy) is 1. The van der Waals surface area contributed by atoms with Crippen molar-refractivity contribution in [2.75, 3.05) is 5.32 Å². The van der Waals surface area contributed by atoms with Crippen LogP contribution in [0.15, 0.2) is 82.6 Å². The van der Waals surface area contributed by atoms with Crippen molar-refractivity contribution in [3.63, 3.8) is 0 Å². The fourth-order valence-electron chi connectivity index (χ4n) is 4.60. The van der Waals surface area contributed by atoms with Crippen LogP contribution < -0.4 is 5.32 Å². The van der Waals surface area contributed by atoms with Crippen LogP contribution in [0.25, 0.3) is 21.6 Å². The highest BCUT2D eigenvalue weighted by atomic mass is 79.9. The van der Waals surface area contributed by atoms with E-state index in [1.807, 2.05) is 36.4 Å². The van der Waals surface area contributed by atoms with E-state index in [1.165, 1.54) is 11.3 Å². The number of carbonyl (C=O) groups is 2. The molecule has 1 saturated carbocycles. The summed E-state index contributed by atoms with van der Waals surface area (Å²) in [6, 6.07) is 25.7. The molecule has 1 N–H and O–H groups in total. The van der Waals surface area contributed by atoms with Crippen molar-refractivity contribution in [2.24, 2.45) is 0 Å². The maximum absolute atomic E-state index is 12.7. The fourth-order valence-corrected chi connectivity index (χ4v) is 6.45. The molecule has 3 aromatic carbocycles. The highest BCUT2D eigenvalue weighted by Crippen LogP contribution is 2.49. The van der Waals surface area contributed by atoms with E-state index in [-0.39, 0.29) is 11.2 Å². The minimum atomic E-state index is -0.547. The zero-order valence-corrected chi connectivity index (χ0v) is 23.5. The Labute approximate surface area is 233 Å². The van der Waals surface area contributed by atoms with Crippen molar-refractivity contribution in [3.8, 4) is 21.6 Å². The number of hydrogen-bond acceptors (Lipinski definition) is 4. The smallest absolute Gasteiger partial charge is 0.412 e. The van der Waals surface area contributed by atoms with Gasteiger partial charge in [-0.1, -0.05) is 78.3 Å². The third-order valence-electron chi connectivity index (χ3n) is 6.91. The van der Waals surface area contributed by atoms with E-state index in [1.54, 1.807) is 19.9 Å². The van der Waals surface area contributed by atoms with Gasteiger partial charge in [0.05, 0.1) is 19.8 Å². The Morgan fingerprint density at radius 1 is 0.973 bits per heavy atom. The molecule has 5 rings (SSSR count). The maximum Gasteiger partial charge on any atom is 0.412 e. The first-order valence-corrected chi connectivity index (χ1v) is 14.0. The Hall–Kier alpha value is -2.93. The maximum atomic E-state index is 12.7. The largest absolute Gasteiger partial charge is 0.441 e. The molecule has 4 aromatic rings. The van der Waals surface area contributed by atoms with E-state index in [2.05, 4.69) is 57.6 Å². The van der Waals surface area contributed by atoms with Gasteiger partial charge in [-0.15, -0.1) is 11.3 Å². The van der Waals surface area contributed by atoms with Crippen LogP contribution >= 0.6 is 38.9 Å². The summed E-state index contributed by atoms with van der Waals surface area (Å²) in [6.45, 7) is 3.48. The van der Waals surface area contributed by atoms with E-state index < -0.39 is 12.2 Å². The molecular formula is C30H25BrClNO3S. The highest BCUT2D eigenvalue weighted by Gasteiger charge is 2.48. The van der Waals surface area contributed by atoms with Gasteiger partial charge in [-0.3, -0.25) is 10.1 Å². The average Bonchev–Trinajstić information content (AvgIpc) is 3.62. The van der Waals surface area contributed by atoms with Crippen molar-refractivity contribution >= 4 is 56.4 Å². The molecule has 0 aliphatic heterocycles. The number of rotatable bonds is 7. The molecule has 0 bridgehead atoms. The van der Waals surface area contributed by atoms with Gasteiger partial charge in [0, 0.05) is 10.6 Å². The van der Waals surface area contributed by atoms with Gasteiger partial charge in [0.15, 0.2) is 0 Å². The Bertz CT molecular complexity index is 1460. The van der Waals surface area contributed by atoms with Gasteiger partial charge in [0.25, 0.3) is 0 Å². The van der Waals surface area contributed by atoms with E-state index >= 15 is 0 Å². The molecule has 37 heavy (non-hydrogen) atoms. The quantitative estimate of drug-likeness (QED) is 0.232. The molecule has 1 fully saturated rings. The molecule has 188 valence electrons. The summed E-state index contributed by atoms with van der Waals surface area (Å²) in [7, 11) is 0. The van der Waals surface area contributed by atoms with Gasteiger partial charge >= 0.3 is 6.09 Å². The highest BCUT2D eigenvalue weighted by molar-refractivity contribution is 9.11. The predicted molar refractivity (Wildman–Crippen MR) is 154 cm³/mol. The second-order valence-corrected chi connectivity index (χ2v) is 12.1. The van der Waals surface area contributed by atoms with Crippen LogP contribution in [0.5, 0.6) is 0 Å². The number of thiophene rings is 1. The molecule has 1 aliphatic rings. The second-order valence-electron chi connectivity index (χ2n) is 9.28. The number of benzene rings is 3. The summed E-state index contributed by atoms with van der Waals surface area (Å²) < 4.78 is 6.48. The molecule has 0 radical (unpaired) electrons. The Morgan fingerprint density at radius 3 is 2.16 bits per heavy atom. The molecule has 1 amide bonds. The van der Waals surface area contributed by atoms with Crippen LogP contribution in [0.4, 0.5) is 10.5 Å². The number of halogens is 2. The van der Waals surface area contributed by atoms with Crippen LogP contribution in [0.3, 0.4) is 0 Å². The lowest BCUT2D eigenvalue weighted by Gasteiger charge is -2.15. The SMILES string of the molecule is CC(=O)C1(c2ccc(-c3ccc(-c4sc(Br)cc4NC(=O)OC(C)c4ccccc4Cl)cc3)cc2)CC1. The zero-order valence-electron chi connectivity index (χ0n) is 20.4. The van der Waals surface area contributed by atoms with E-state index in [0.717, 1.165) is 49.3 Å². The molecule has 1 heterocycles. The minimum absolute atomic E-state index is 0.248. The molecule has 1 aromatic heterocycles. The van der Waals surface area contributed by atoms with Crippen LogP contribution in [0.1, 0.15) is 43.9 Å². The van der Waals surface area contributed by atoms with Crippen molar-refractivity contribution in [1.29, 1.82) is 0 Å². The lowest BCUT2D eigenvalue weighted by atomic mass is 9.90. The minimum Gasteiger partial charge on any atom is -0.441 e. The van der Waals surface area contributed by atoms with Crippen LogP contribution in [-0.2, 0) is 14.9 Å². The predicted octanol–water partition coefficient (Wildman–Crippen LogP) is 9.43. The Morgan fingerprint density at radius 2 is 1.57 bits per heavy atom. The number of carbonyl (C=O) groups excluding carboxylic acids is 2. The van der Waals surface area contributed by atoms with Crippen molar-refractivity contribution in [2.45, 2.75) is 38.2 Å². The monoisotopic (exact) mass is 593 g/mol. The fraction of sp³-hybridized carbons (Fsp3) is 0.200. The first kappa shape index (κ1) is 25.7. The summed E-state index contributed by atoms with van der Waals surface area (Å²) >= 11 is 11.3. The van der Waals surface area contributed by atoms with Gasteiger partial charge in [0.1, 0.15) is 11.9 Å². The third-order valence-corrected chi connectivity index (χ3v) is 8.94. The molecule has 1 unspecified atom stereocenters. The van der Waals surface area contributed by atoms with Crippen LogP contribution in [0, 0.1) is 0 Å². The first-order valence-electron chi connectivity index (χ1n) is 12.0. The second kappa shape index (κ2) is 10.4.